The van der Waals surface area contributed by atoms with Gasteiger partial charge < -0.3 is 10.8 Å². The lowest BCUT2D eigenvalue weighted by atomic mass is 9.77. The molecule has 2 aromatic rings. The van der Waals surface area contributed by atoms with Crippen molar-refractivity contribution in [2.75, 3.05) is 6.54 Å². The summed E-state index contributed by atoms with van der Waals surface area (Å²) >= 11 is 0. The van der Waals surface area contributed by atoms with Gasteiger partial charge in [0.1, 0.15) is 23.4 Å². The van der Waals surface area contributed by atoms with E-state index >= 15 is 0 Å². The molecule has 0 saturated carbocycles. The minimum Gasteiger partial charge on any atom is -0.481 e. The van der Waals surface area contributed by atoms with Crippen LogP contribution in [0.25, 0.3) is 0 Å². The Labute approximate surface area is 115 Å². The van der Waals surface area contributed by atoms with Crippen LogP contribution in [0.2, 0.25) is 0 Å². The number of carboxylic acids is 1. The van der Waals surface area contributed by atoms with Gasteiger partial charge in [0.05, 0.1) is 0 Å². The van der Waals surface area contributed by atoms with Gasteiger partial charge in [-0.15, -0.1) is 0 Å². The van der Waals surface area contributed by atoms with Crippen LogP contribution in [0.4, 0.5) is 4.39 Å². The number of benzene rings is 1. The zero-order chi connectivity index (χ0) is 14.8. The van der Waals surface area contributed by atoms with Gasteiger partial charge in [0.25, 0.3) is 0 Å². The number of hydrogen-bond donors (Lipinski definition) is 2. The Balaban J connectivity index is 2.47. The highest BCUT2D eigenvalue weighted by atomic mass is 19.1. The van der Waals surface area contributed by atoms with Gasteiger partial charge in [-0.1, -0.05) is 12.1 Å². The van der Waals surface area contributed by atoms with Crippen LogP contribution < -0.4 is 5.73 Å². The number of rotatable bonds is 5. The maximum Gasteiger partial charge on any atom is 0.315 e. The molecule has 0 amide bonds. The molecule has 20 heavy (non-hydrogen) atoms. The Hall–Kier alpha value is -2.28. The summed E-state index contributed by atoms with van der Waals surface area (Å²) < 4.78 is 14.5. The van der Waals surface area contributed by atoms with E-state index in [2.05, 4.69) is 10.1 Å². The first-order valence-corrected chi connectivity index (χ1v) is 6.02. The number of carbonyl (C=O) groups is 1. The summed E-state index contributed by atoms with van der Waals surface area (Å²) in [6.07, 6.45) is 1.43. The fourth-order valence-corrected chi connectivity index (χ4v) is 2.10. The van der Waals surface area contributed by atoms with E-state index in [1.165, 1.54) is 35.3 Å². The summed E-state index contributed by atoms with van der Waals surface area (Å²) in [5.41, 5.74) is 4.80. The normalized spacial score (nSPS) is 13.9. The molecule has 1 aromatic carbocycles. The van der Waals surface area contributed by atoms with Gasteiger partial charge in [0.2, 0.25) is 0 Å². The topological polar surface area (TPSA) is 94.0 Å². The van der Waals surface area contributed by atoms with Crippen molar-refractivity contribution in [3.63, 3.8) is 0 Å². The Morgan fingerprint density at radius 3 is 2.55 bits per heavy atom. The first-order chi connectivity index (χ1) is 9.49. The van der Waals surface area contributed by atoms with Crippen molar-refractivity contribution in [3.8, 4) is 0 Å². The van der Waals surface area contributed by atoms with E-state index in [0.29, 0.717) is 11.4 Å². The summed E-state index contributed by atoms with van der Waals surface area (Å²) in [6.45, 7) is -0.124. The van der Waals surface area contributed by atoms with Gasteiger partial charge in [-0.05, 0) is 17.7 Å². The van der Waals surface area contributed by atoms with Crippen LogP contribution in [-0.4, -0.2) is 32.4 Å². The molecule has 106 valence electrons. The highest BCUT2D eigenvalue weighted by molar-refractivity contribution is 5.82. The maximum absolute atomic E-state index is 13.0. The second-order valence-electron chi connectivity index (χ2n) is 4.57. The zero-order valence-electron chi connectivity index (χ0n) is 11.0. The molecule has 0 bridgehead atoms. The van der Waals surface area contributed by atoms with E-state index in [-0.39, 0.29) is 13.0 Å². The SMILES string of the molecule is Cn1ncnc1CC(CN)(C(=O)O)c1ccc(F)cc1. The van der Waals surface area contributed by atoms with Gasteiger partial charge in [-0.25, -0.2) is 9.37 Å². The van der Waals surface area contributed by atoms with Crippen LogP contribution in [0.5, 0.6) is 0 Å². The molecule has 1 aromatic heterocycles. The number of halogens is 1. The van der Waals surface area contributed by atoms with E-state index < -0.39 is 17.2 Å². The lowest BCUT2D eigenvalue weighted by Crippen LogP contribution is -2.45. The second kappa shape index (κ2) is 5.38. The van der Waals surface area contributed by atoms with Crippen molar-refractivity contribution in [2.24, 2.45) is 12.8 Å². The number of aryl methyl sites for hydroxylation is 1. The van der Waals surface area contributed by atoms with E-state index in [9.17, 15) is 14.3 Å². The van der Waals surface area contributed by atoms with Crippen LogP contribution in [0.1, 0.15) is 11.4 Å². The molecule has 0 spiro atoms. The molecule has 0 radical (unpaired) electrons. The number of nitrogens with two attached hydrogens (primary N) is 1. The molecule has 0 aliphatic rings. The summed E-state index contributed by atoms with van der Waals surface area (Å²) in [7, 11) is 1.68. The number of carboxylic acid groups (broad SMARTS) is 1. The third-order valence-corrected chi connectivity index (χ3v) is 3.42. The molecule has 0 saturated heterocycles. The third-order valence-electron chi connectivity index (χ3n) is 3.42. The minimum absolute atomic E-state index is 0.0843. The Morgan fingerprint density at radius 2 is 2.10 bits per heavy atom. The van der Waals surface area contributed by atoms with E-state index in [1.54, 1.807) is 7.05 Å². The van der Waals surface area contributed by atoms with Gasteiger partial charge in [0, 0.05) is 20.0 Å². The summed E-state index contributed by atoms with van der Waals surface area (Å²) in [5, 5.41) is 13.5. The molecule has 1 unspecified atom stereocenters. The molecule has 0 aliphatic heterocycles. The molecular weight excluding hydrogens is 263 g/mol. The Morgan fingerprint density at radius 1 is 1.45 bits per heavy atom. The van der Waals surface area contributed by atoms with Crippen molar-refractivity contribution in [1.82, 2.24) is 14.8 Å². The van der Waals surface area contributed by atoms with E-state index in [0.717, 1.165) is 0 Å². The number of nitrogens with zero attached hydrogens (tertiary/aromatic N) is 3. The molecular formula is C13H15FN4O2. The zero-order valence-corrected chi connectivity index (χ0v) is 11.0. The van der Waals surface area contributed by atoms with Crippen molar-refractivity contribution in [2.45, 2.75) is 11.8 Å². The molecule has 2 rings (SSSR count). The number of hydrogen-bond acceptors (Lipinski definition) is 4. The van der Waals surface area contributed by atoms with E-state index in [4.69, 9.17) is 5.73 Å². The average Bonchev–Trinajstić information content (AvgIpc) is 2.82. The molecule has 1 heterocycles. The highest BCUT2D eigenvalue weighted by Gasteiger charge is 2.40. The predicted octanol–water partition coefficient (Wildman–Crippen LogP) is 0.478. The summed E-state index contributed by atoms with van der Waals surface area (Å²) in [5.74, 6) is -1.000. The summed E-state index contributed by atoms with van der Waals surface area (Å²) in [6, 6.07) is 5.32. The van der Waals surface area contributed by atoms with Gasteiger partial charge >= 0.3 is 5.97 Å². The first kappa shape index (κ1) is 14.1. The van der Waals surface area contributed by atoms with Gasteiger partial charge in [-0.3, -0.25) is 9.48 Å². The van der Waals surface area contributed by atoms with Crippen molar-refractivity contribution in [1.29, 1.82) is 0 Å². The van der Waals surface area contributed by atoms with Gasteiger partial charge in [-0.2, -0.15) is 5.10 Å². The largest absolute Gasteiger partial charge is 0.481 e. The van der Waals surface area contributed by atoms with Gasteiger partial charge in [0.15, 0.2) is 0 Å². The van der Waals surface area contributed by atoms with Crippen molar-refractivity contribution in [3.05, 3.63) is 47.8 Å². The van der Waals surface area contributed by atoms with Crippen LogP contribution in [0.15, 0.2) is 30.6 Å². The lowest BCUT2D eigenvalue weighted by Gasteiger charge is -2.28. The Bertz CT molecular complexity index is 611. The fraction of sp³-hybridized carbons (Fsp3) is 0.308. The minimum atomic E-state index is -1.35. The number of aromatic nitrogens is 3. The monoisotopic (exact) mass is 278 g/mol. The Kier molecular flexibility index (Phi) is 3.80. The highest BCUT2D eigenvalue weighted by Crippen LogP contribution is 2.28. The van der Waals surface area contributed by atoms with Crippen LogP contribution in [-0.2, 0) is 23.7 Å². The van der Waals surface area contributed by atoms with Crippen LogP contribution in [0.3, 0.4) is 0 Å². The van der Waals surface area contributed by atoms with Crippen LogP contribution in [0, 0.1) is 5.82 Å². The van der Waals surface area contributed by atoms with Crippen LogP contribution >= 0.6 is 0 Å². The second-order valence-corrected chi connectivity index (χ2v) is 4.57. The third kappa shape index (κ3) is 2.39. The lowest BCUT2D eigenvalue weighted by molar-refractivity contribution is -0.143. The molecule has 1 atom stereocenters. The molecule has 0 fully saturated rings. The predicted molar refractivity (Wildman–Crippen MR) is 69.5 cm³/mol. The quantitative estimate of drug-likeness (QED) is 0.829. The molecule has 7 heteroatoms. The first-order valence-electron chi connectivity index (χ1n) is 6.02. The molecule has 6 nitrogen and oxygen atoms in total. The maximum atomic E-state index is 13.0. The van der Waals surface area contributed by atoms with E-state index in [1.807, 2.05) is 0 Å². The molecule has 3 N–H and O–H groups in total. The standard InChI is InChI=1S/C13H15FN4O2/c1-18-11(16-8-17-18)6-13(7-15,12(19)20)9-2-4-10(14)5-3-9/h2-5,8H,6-7,15H2,1H3,(H,19,20). The molecule has 0 aliphatic carbocycles. The average molecular weight is 278 g/mol. The number of aliphatic carboxylic acids is 1. The summed E-state index contributed by atoms with van der Waals surface area (Å²) in [4.78, 5) is 15.8. The fourth-order valence-electron chi connectivity index (χ4n) is 2.10. The van der Waals surface area contributed by atoms with Crippen molar-refractivity contribution < 1.29 is 14.3 Å². The van der Waals surface area contributed by atoms with Crippen molar-refractivity contribution >= 4 is 5.97 Å². The smallest absolute Gasteiger partial charge is 0.315 e.